The third-order valence-electron chi connectivity index (χ3n) is 3.19. The van der Waals surface area contributed by atoms with Gasteiger partial charge in [0.15, 0.2) is 0 Å². The Morgan fingerprint density at radius 2 is 2.29 bits per heavy atom. The summed E-state index contributed by atoms with van der Waals surface area (Å²) < 4.78 is 1.94. The molecule has 0 aliphatic carbocycles. The number of nitrogens with zero attached hydrogens (tertiary/aromatic N) is 3. The number of nitrogens with two attached hydrogens (primary N) is 1. The van der Waals surface area contributed by atoms with E-state index >= 15 is 0 Å². The van der Waals surface area contributed by atoms with Crippen LogP contribution in [0.5, 0.6) is 0 Å². The van der Waals surface area contributed by atoms with E-state index in [4.69, 9.17) is 5.73 Å². The van der Waals surface area contributed by atoms with E-state index in [1.54, 1.807) is 6.20 Å². The number of rotatable bonds is 6. The highest BCUT2D eigenvalue weighted by Crippen LogP contribution is 2.10. The maximum Gasteiger partial charge on any atom is 0.238 e. The largest absolute Gasteiger partial charge is 0.337 e. The van der Waals surface area contributed by atoms with Crippen molar-refractivity contribution in [2.24, 2.45) is 12.8 Å². The van der Waals surface area contributed by atoms with Gasteiger partial charge in [-0.2, -0.15) is 0 Å². The number of aromatic nitrogens is 2. The number of imidazole rings is 1. The molecule has 1 amide bonds. The van der Waals surface area contributed by atoms with Crippen LogP contribution in [-0.2, 0) is 24.9 Å². The Hall–Kier alpha value is -2.18. The maximum absolute atomic E-state index is 12.0. The molecule has 1 heterocycles. The normalized spacial score (nSPS) is 10.9. The van der Waals surface area contributed by atoms with Crippen molar-refractivity contribution in [3.8, 4) is 0 Å². The van der Waals surface area contributed by atoms with Crippen LogP contribution in [0.15, 0.2) is 36.7 Å². The molecule has 0 saturated carbocycles. The summed E-state index contributed by atoms with van der Waals surface area (Å²) in [5.41, 5.74) is 7.36. The molecule has 0 aliphatic rings. The number of carbonyl (C=O) groups is 1. The molecule has 0 aliphatic heterocycles. The third-order valence-corrected chi connectivity index (χ3v) is 3.19. The van der Waals surface area contributed by atoms with E-state index in [0.29, 0.717) is 19.6 Å². The number of aryl methyl sites for hydroxylation is 1. The Balaban J connectivity index is 1.87. The standard InChI is InChI=1S/C15H21N5O/c1-19(10-14-17-6-7-20(14)2)11-15(21)18-13-5-3-4-12(8-13)9-16/h3-8H,9-11,16H2,1-2H3,(H,18,21). The first-order valence-corrected chi connectivity index (χ1v) is 6.82. The number of hydrogen-bond donors (Lipinski definition) is 2. The van der Waals surface area contributed by atoms with Crippen molar-refractivity contribution in [1.82, 2.24) is 14.5 Å². The second-order valence-electron chi connectivity index (χ2n) is 5.08. The Morgan fingerprint density at radius 3 is 2.95 bits per heavy atom. The van der Waals surface area contributed by atoms with E-state index in [9.17, 15) is 4.79 Å². The molecule has 0 radical (unpaired) electrons. The molecular weight excluding hydrogens is 266 g/mol. The fraction of sp³-hybridized carbons (Fsp3) is 0.333. The van der Waals surface area contributed by atoms with Gasteiger partial charge in [0, 0.05) is 31.7 Å². The summed E-state index contributed by atoms with van der Waals surface area (Å²) in [7, 11) is 3.83. The van der Waals surface area contributed by atoms with E-state index < -0.39 is 0 Å². The summed E-state index contributed by atoms with van der Waals surface area (Å²) >= 11 is 0. The zero-order chi connectivity index (χ0) is 15.2. The summed E-state index contributed by atoms with van der Waals surface area (Å²) in [4.78, 5) is 18.2. The highest BCUT2D eigenvalue weighted by atomic mass is 16.2. The van der Waals surface area contributed by atoms with Gasteiger partial charge in [-0.3, -0.25) is 9.69 Å². The number of amides is 1. The summed E-state index contributed by atoms with van der Waals surface area (Å²) in [6.45, 7) is 1.39. The zero-order valence-corrected chi connectivity index (χ0v) is 12.4. The van der Waals surface area contributed by atoms with Crippen LogP contribution in [0.1, 0.15) is 11.4 Å². The molecule has 0 fully saturated rings. The molecule has 6 heteroatoms. The first-order chi connectivity index (χ1) is 10.1. The van der Waals surface area contributed by atoms with E-state index in [-0.39, 0.29) is 5.91 Å². The van der Waals surface area contributed by atoms with E-state index in [1.165, 1.54) is 0 Å². The Labute approximate surface area is 124 Å². The molecule has 0 spiro atoms. The van der Waals surface area contributed by atoms with Gasteiger partial charge in [-0.25, -0.2) is 4.98 Å². The lowest BCUT2D eigenvalue weighted by Gasteiger charge is -2.16. The monoisotopic (exact) mass is 287 g/mol. The van der Waals surface area contributed by atoms with Crippen molar-refractivity contribution in [2.75, 3.05) is 18.9 Å². The molecule has 1 aromatic carbocycles. The predicted molar refractivity (Wildman–Crippen MR) is 82.5 cm³/mol. The van der Waals surface area contributed by atoms with Crippen molar-refractivity contribution in [2.45, 2.75) is 13.1 Å². The van der Waals surface area contributed by atoms with Crippen molar-refractivity contribution in [3.05, 3.63) is 48.0 Å². The first kappa shape index (κ1) is 15.2. The molecule has 0 saturated heterocycles. The van der Waals surface area contributed by atoms with Crippen LogP contribution >= 0.6 is 0 Å². The Morgan fingerprint density at radius 1 is 1.48 bits per heavy atom. The fourth-order valence-electron chi connectivity index (χ4n) is 2.07. The molecule has 112 valence electrons. The number of likely N-dealkylation sites (N-methyl/N-ethyl adjacent to an activating group) is 1. The number of carbonyl (C=O) groups excluding carboxylic acids is 1. The lowest BCUT2D eigenvalue weighted by Crippen LogP contribution is -2.30. The molecular formula is C15H21N5O. The number of benzene rings is 1. The molecule has 0 bridgehead atoms. The van der Waals surface area contributed by atoms with Gasteiger partial charge in [0.25, 0.3) is 0 Å². The van der Waals surface area contributed by atoms with Gasteiger partial charge in [0.1, 0.15) is 5.82 Å². The zero-order valence-electron chi connectivity index (χ0n) is 12.4. The Bertz CT molecular complexity index is 608. The van der Waals surface area contributed by atoms with Crippen LogP contribution in [0.4, 0.5) is 5.69 Å². The summed E-state index contributed by atoms with van der Waals surface area (Å²) in [5.74, 6) is 0.872. The van der Waals surface area contributed by atoms with E-state index in [1.807, 2.05) is 54.0 Å². The third kappa shape index (κ3) is 4.40. The summed E-state index contributed by atoms with van der Waals surface area (Å²) in [6.07, 6.45) is 3.64. The van der Waals surface area contributed by atoms with Gasteiger partial charge in [-0.1, -0.05) is 12.1 Å². The second-order valence-corrected chi connectivity index (χ2v) is 5.08. The molecule has 3 N–H and O–H groups in total. The van der Waals surface area contributed by atoms with Crippen LogP contribution in [0.3, 0.4) is 0 Å². The molecule has 1 aromatic heterocycles. The van der Waals surface area contributed by atoms with Gasteiger partial charge in [0.05, 0.1) is 13.1 Å². The molecule has 6 nitrogen and oxygen atoms in total. The van der Waals surface area contributed by atoms with Gasteiger partial charge in [-0.15, -0.1) is 0 Å². The predicted octanol–water partition coefficient (Wildman–Crippen LogP) is 0.949. The topological polar surface area (TPSA) is 76.2 Å². The summed E-state index contributed by atoms with van der Waals surface area (Å²) in [6, 6.07) is 7.56. The van der Waals surface area contributed by atoms with Gasteiger partial charge < -0.3 is 15.6 Å². The van der Waals surface area contributed by atoms with Crippen LogP contribution in [0, 0.1) is 0 Å². The highest BCUT2D eigenvalue weighted by molar-refractivity contribution is 5.92. The van der Waals surface area contributed by atoms with Crippen molar-refractivity contribution in [3.63, 3.8) is 0 Å². The van der Waals surface area contributed by atoms with Gasteiger partial charge in [-0.05, 0) is 24.7 Å². The van der Waals surface area contributed by atoms with Crippen LogP contribution in [-0.4, -0.2) is 34.0 Å². The molecule has 2 aromatic rings. The molecule has 0 atom stereocenters. The first-order valence-electron chi connectivity index (χ1n) is 6.82. The van der Waals surface area contributed by atoms with Crippen molar-refractivity contribution >= 4 is 11.6 Å². The second kappa shape index (κ2) is 7.01. The number of anilines is 1. The quantitative estimate of drug-likeness (QED) is 0.829. The number of nitrogens with one attached hydrogen (secondary N) is 1. The van der Waals surface area contributed by atoms with E-state index in [2.05, 4.69) is 10.3 Å². The van der Waals surface area contributed by atoms with Crippen molar-refractivity contribution < 1.29 is 4.79 Å². The number of hydrogen-bond acceptors (Lipinski definition) is 4. The lowest BCUT2D eigenvalue weighted by atomic mass is 10.2. The van der Waals surface area contributed by atoms with Crippen LogP contribution < -0.4 is 11.1 Å². The van der Waals surface area contributed by atoms with Crippen LogP contribution in [0.25, 0.3) is 0 Å². The summed E-state index contributed by atoms with van der Waals surface area (Å²) in [5, 5.41) is 2.88. The molecule has 0 unspecified atom stereocenters. The lowest BCUT2D eigenvalue weighted by molar-refractivity contribution is -0.117. The Kier molecular flexibility index (Phi) is 5.08. The average molecular weight is 287 g/mol. The minimum Gasteiger partial charge on any atom is -0.337 e. The molecule has 21 heavy (non-hydrogen) atoms. The molecule has 2 rings (SSSR count). The fourth-order valence-corrected chi connectivity index (χ4v) is 2.07. The van der Waals surface area contributed by atoms with Gasteiger partial charge >= 0.3 is 0 Å². The van der Waals surface area contributed by atoms with Gasteiger partial charge in [0.2, 0.25) is 5.91 Å². The van der Waals surface area contributed by atoms with Crippen LogP contribution in [0.2, 0.25) is 0 Å². The maximum atomic E-state index is 12.0. The minimum atomic E-state index is -0.0547. The SMILES string of the molecule is CN(CC(=O)Nc1cccc(CN)c1)Cc1nccn1C. The van der Waals surface area contributed by atoms with E-state index in [0.717, 1.165) is 17.1 Å². The average Bonchev–Trinajstić information content (AvgIpc) is 2.84. The highest BCUT2D eigenvalue weighted by Gasteiger charge is 2.09. The smallest absolute Gasteiger partial charge is 0.238 e. The van der Waals surface area contributed by atoms with Crippen molar-refractivity contribution in [1.29, 1.82) is 0 Å². The minimum absolute atomic E-state index is 0.0547.